The van der Waals surface area contributed by atoms with Gasteiger partial charge in [-0.05, 0) is 72.5 Å². The Kier molecular flexibility index (Phi) is 7.98. The number of anilines is 2. The molecule has 5 rings (SSSR count). The number of esters is 1. The van der Waals surface area contributed by atoms with Gasteiger partial charge in [0.15, 0.2) is 0 Å². The van der Waals surface area contributed by atoms with Gasteiger partial charge in [0, 0.05) is 24.3 Å². The van der Waals surface area contributed by atoms with E-state index >= 15 is 0 Å². The third-order valence-corrected chi connectivity index (χ3v) is 7.29. The van der Waals surface area contributed by atoms with Crippen molar-refractivity contribution in [2.24, 2.45) is 0 Å². The molecule has 0 spiro atoms. The van der Waals surface area contributed by atoms with Crippen molar-refractivity contribution in [3.8, 4) is 0 Å². The van der Waals surface area contributed by atoms with E-state index < -0.39 is 17.8 Å². The van der Waals surface area contributed by atoms with Gasteiger partial charge < -0.3 is 15.0 Å². The van der Waals surface area contributed by atoms with Crippen molar-refractivity contribution in [2.75, 3.05) is 23.4 Å². The van der Waals surface area contributed by atoms with Crippen molar-refractivity contribution in [1.29, 1.82) is 0 Å². The van der Waals surface area contributed by atoms with E-state index in [1.807, 2.05) is 30.0 Å². The van der Waals surface area contributed by atoms with Crippen LogP contribution < -0.4 is 10.2 Å². The summed E-state index contributed by atoms with van der Waals surface area (Å²) < 4.78 is 5.20. The molecule has 3 aromatic rings. The van der Waals surface area contributed by atoms with Gasteiger partial charge >= 0.3 is 5.97 Å². The number of amides is 3. The number of fused-ring (bicyclic) bond motifs is 1. The molecule has 0 atom stereocenters. The highest BCUT2D eigenvalue weighted by Crippen LogP contribution is 2.30. The standard InChI is InChI=1S/C31H28ClN3O5/c1-2-3-18-40-31(39)22-10-14-25(15-11-22)35-29(37)26(32)27(30(35)38)33-24-12-8-21(9-13-24)28(36)34-17-16-20-6-4-5-7-23(20)19-34/h4-15,33H,2-3,16-19H2,1H3. The number of nitrogens with zero attached hydrogens (tertiary/aromatic N) is 2. The third kappa shape index (κ3) is 5.49. The molecule has 204 valence electrons. The molecule has 0 fully saturated rings. The zero-order chi connectivity index (χ0) is 28.2. The van der Waals surface area contributed by atoms with E-state index in [-0.39, 0.29) is 22.3 Å². The van der Waals surface area contributed by atoms with Crippen LogP contribution in [0.3, 0.4) is 0 Å². The first-order valence-corrected chi connectivity index (χ1v) is 13.5. The zero-order valence-corrected chi connectivity index (χ0v) is 22.7. The van der Waals surface area contributed by atoms with Crippen molar-refractivity contribution >= 4 is 46.7 Å². The van der Waals surface area contributed by atoms with Crippen molar-refractivity contribution in [3.63, 3.8) is 0 Å². The third-order valence-electron chi connectivity index (χ3n) is 6.94. The molecule has 0 unspecified atom stereocenters. The molecular formula is C31H28ClN3O5. The molecular weight excluding hydrogens is 530 g/mol. The molecule has 3 aromatic carbocycles. The lowest BCUT2D eigenvalue weighted by atomic mass is 9.99. The summed E-state index contributed by atoms with van der Waals surface area (Å²) in [6, 6.07) is 20.8. The Morgan fingerprint density at radius 2 is 1.57 bits per heavy atom. The van der Waals surface area contributed by atoms with E-state index in [0.717, 1.165) is 29.7 Å². The predicted molar refractivity (Wildman–Crippen MR) is 152 cm³/mol. The SMILES string of the molecule is CCCCOC(=O)c1ccc(N2C(=O)C(Cl)=C(Nc3ccc(C(=O)N4CCc5ccccc5C4)cc3)C2=O)cc1. The Morgan fingerprint density at radius 3 is 2.27 bits per heavy atom. The largest absolute Gasteiger partial charge is 0.462 e. The Hall–Kier alpha value is -4.43. The van der Waals surface area contributed by atoms with Crippen LogP contribution in [0.5, 0.6) is 0 Å². The lowest BCUT2D eigenvalue weighted by Crippen LogP contribution is -2.35. The maximum absolute atomic E-state index is 13.2. The number of halogens is 1. The number of hydrogen-bond acceptors (Lipinski definition) is 6. The average molecular weight is 558 g/mol. The number of nitrogens with one attached hydrogen (secondary N) is 1. The summed E-state index contributed by atoms with van der Waals surface area (Å²) in [4.78, 5) is 54.0. The summed E-state index contributed by atoms with van der Waals surface area (Å²) in [5.41, 5.74) is 3.97. The Balaban J connectivity index is 1.24. The van der Waals surface area contributed by atoms with E-state index in [1.54, 1.807) is 24.3 Å². The molecule has 9 heteroatoms. The molecule has 0 aromatic heterocycles. The van der Waals surface area contributed by atoms with Crippen LogP contribution in [0.4, 0.5) is 11.4 Å². The first-order valence-electron chi connectivity index (χ1n) is 13.2. The average Bonchev–Trinajstić information content (AvgIpc) is 3.19. The zero-order valence-electron chi connectivity index (χ0n) is 22.0. The van der Waals surface area contributed by atoms with Crippen LogP contribution in [0.15, 0.2) is 83.5 Å². The second-order valence-electron chi connectivity index (χ2n) is 9.62. The van der Waals surface area contributed by atoms with Crippen molar-refractivity contribution < 1.29 is 23.9 Å². The summed E-state index contributed by atoms with van der Waals surface area (Å²) in [5.74, 6) is -1.84. The minimum absolute atomic E-state index is 0.0681. The fraction of sp³-hybridized carbons (Fsp3) is 0.226. The Bertz CT molecular complexity index is 1500. The minimum Gasteiger partial charge on any atom is -0.462 e. The molecule has 2 heterocycles. The Morgan fingerprint density at radius 1 is 0.900 bits per heavy atom. The molecule has 0 aliphatic carbocycles. The van der Waals surface area contributed by atoms with Gasteiger partial charge in [0.25, 0.3) is 17.7 Å². The highest BCUT2D eigenvalue weighted by Gasteiger charge is 2.39. The molecule has 0 radical (unpaired) electrons. The van der Waals surface area contributed by atoms with Crippen LogP contribution in [0.2, 0.25) is 0 Å². The van der Waals surface area contributed by atoms with E-state index in [9.17, 15) is 19.2 Å². The number of ether oxygens (including phenoxy) is 1. The molecule has 3 amide bonds. The van der Waals surface area contributed by atoms with Gasteiger partial charge in [0.1, 0.15) is 10.7 Å². The van der Waals surface area contributed by atoms with Gasteiger partial charge in [0.05, 0.1) is 17.9 Å². The number of carbonyl (C=O) groups excluding carboxylic acids is 4. The molecule has 2 aliphatic rings. The van der Waals surface area contributed by atoms with Gasteiger partial charge in [-0.1, -0.05) is 49.2 Å². The van der Waals surface area contributed by atoms with Gasteiger partial charge in [-0.25, -0.2) is 9.69 Å². The summed E-state index contributed by atoms with van der Waals surface area (Å²) in [5, 5.41) is 2.67. The fourth-order valence-corrected chi connectivity index (χ4v) is 4.89. The van der Waals surface area contributed by atoms with Gasteiger partial charge in [0.2, 0.25) is 0 Å². The van der Waals surface area contributed by atoms with Crippen molar-refractivity contribution in [1.82, 2.24) is 4.90 Å². The molecule has 2 aliphatic heterocycles. The van der Waals surface area contributed by atoms with E-state index in [0.29, 0.717) is 36.5 Å². The molecule has 8 nitrogen and oxygen atoms in total. The van der Waals surface area contributed by atoms with Crippen LogP contribution in [-0.2, 0) is 27.3 Å². The summed E-state index contributed by atoms with van der Waals surface area (Å²) in [6.07, 6.45) is 2.49. The number of benzene rings is 3. The highest BCUT2D eigenvalue weighted by molar-refractivity contribution is 6.53. The summed E-state index contributed by atoms with van der Waals surface area (Å²) in [7, 11) is 0. The molecule has 40 heavy (non-hydrogen) atoms. The monoisotopic (exact) mass is 557 g/mol. The van der Waals surface area contributed by atoms with E-state index in [4.69, 9.17) is 16.3 Å². The first kappa shape index (κ1) is 27.1. The van der Waals surface area contributed by atoms with Gasteiger partial charge in [-0.15, -0.1) is 0 Å². The maximum Gasteiger partial charge on any atom is 0.338 e. The fourth-order valence-electron chi connectivity index (χ4n) is 4.68. The second kappa shape index (κ2) is 11.8. The van der Waals surface area contributed by atoms with Crippen molar-refractivity contribution in [3.05, 3.63) is 106 Å². The summed E-state index contributed by atoms with van der Waals surface area (Å²) >= 11 is 6.27. The number of unbranched alkanes of at least 4 members (excludes halogenated alkanes) is 1. The molecule has 0 saturated carbocycles. The Labute approximate surface area is 237 Å². The normalized spacial score (nSPS) is 14.8. The van der Waals surface area contributed by atoms with Crippen LogP contribution >= 0.6 is 11.6 Å². The molecule has 0 bridgehead atoms. The van der Waals surface area contributed by atoms with Crippen LogP contribution in [0.25, 0.3) is 0 Å². The topological polar surface area (TPSA) is 96.0 Å². The minimum atomic E-state index is -0.676. The lowest BCUT2D eigenvalue weighted by Gasteiger charge is -2.29. The van der Waals surface area contributed by atoms with Crippen LogP contribution in [0.1, 0.15) is 51.6 Å². The quantitative estimate of drug-likeness (QED) is 0.230. The van der Waals surface area contributed by atoms with E-state index in [2.05, 4.69) is 11.4 Å². The van der Waals surface area contributed by atoms with Gasteiger partial charge in [-0.2, -0.15) is 0 Å². The van der Waals surface area contributed by atoms with E-state index in [1.165, 1.54) is 29.8 Å². The van der Waals surface area contributed by atoms with Crippen LogP contribution in [-0.4, -0.2) is 41.7 Å². The predicted octanol–water partition coefficient (Wildman–Crippen LogP) is 5.28. The molecule has 0 saturated heterocycles. The first-order chi connectivity index (χ1) is 19.4. The maximum atomic E-state index is 13.2. The number of imide groups is 1. The van der Waals surface area contributed by atoms with Crippen LogP contribution in [0, 0.1) is 0 Å². The number of rotatable bonds is 8. The number of carbonyl (C=O) groups is 4. The summed E-state index contributed by atoms with van der Waals surface area (Å²) in [6.45, 7) is 3.54. The smallest absolute Gasteiger partial charge is 0.338 e. The number of hydrogen-bond donors (Lipinski definition) is 1. The molecule has 1 N–H and O–H groups in total. The van der Waals surface area contributed by atoms with Crippen molar-refractivity contribution in [2.45, 2.75) is 32.7 Å². The van der Waals surface area contributed by atoms with Gasteiger partial charge in [-0.3, -0.25) is 14.4 Å². The lowest BCUT2D eigenvalue weighted by molar-refractivity contribution is -0.120. The highest BCUT2D eigenvalue weighted by atomic mass is 35.5. The second-order valence-corrected chi connectivity index (χ2v) is 10.00.